The number of esters is 1. The normalized spacial score (nSPS) is 10.3. The van der Waals surface area contributed by atoms with Gasteiger partial charge in [0.1, 0.15) is 6.61 Å². The maximum atomic E-state index is 11.8. The van der Waals surface area contributed by atoms with E-state index in [1.165, 1.54) is 17.3 Å². The minimum Gasteiger partial charge on any atom is -0.463 e. The lowest BCUT2D eigenvalue weighted by Crippen LogP contribution is -2.28. The Hall–Kier alpha value is -2.27. The molecule has 2 aromatic rings. The highest BCUT2D eigenvalue weighted by Crippen LogP contribution is 2.16. The van der Waals surface area contributed by atoms with Crippen LogP contribution in [0.5, 0.6) is 0 Å². The summed E-state index contributed by atoms with van der Waals surface area (Å²) in [5.41, 5.74) is 2.35. The Morgan fingerprint density at radius 2 is 1.76 bits per heavy atom. The fourth-order valence-corrected chi connectivity index (χ4v) is 2.87. The smallest absolute Gasteiger partial charge is 0.316 e. The first kappa shape index (κ1) is 19.1. The van der Waals surface area contributed by atoms with Gasteiger partial charge >= 0.3 is 5.97 Å². The molecule has 0 bridgehead atoms. The van der Waals surface area contributed by atoms with Gasteiger partial charge in [-0.3, -0.25) is 9.59 Å². The van der Waals surface area contributed by atoms with Crippen LogP contribution in [0.1, 0.15) is 17.5 Å². The first-order valence-corrected chi connectivity index (χ1v) is 9.28. The molecule has 0 spiro atoms. The maximum Gasteiger partial charge on any atom is 0.316 e. The maximum absolute atomic E-state index is 11.8. The van der Waals surface area contributed by atoms with Crippen molar-refractivity contribution in [2.24, 2.45) is 0 Å². The van der Waals surface area contributed by atoms with Crippen LogP contribution in [-0.4, -0.2) is 30.8 Å². The van der Waals surface area contributed by atoms with Gasteiger partial charge in [0.15, 0.2) is 0 Å². The van der Waals surface area contributed by atoms with Gasteiger partial charge in [-0.25, -0.2) is 0 Å². The average molecular weight is 357 g/mol. The van der Waals surface area contributed by atoms with Gasteiger partial charge in [0.05, 0.1) is 12.3 Å². The van der Waals surface area contributed by atoms with E-state index in [1.54, 1.807) is 0 Å². The van der Waals surface area contributed by atoms with Crippen LogP contribution in [0.15, 0.2) is 59.5 Å². The van der Waals surface area contributed by atoms with Crippen LogP contribution in [0.2, 0.25) is 0 Å². The Morgan fingerprint density at radius 1 is 1.04 bits per heavy atom. The van der Waals surface area contributed by atoms with Crippen molar-refractivity contribution >= 4 is 23.6 Å². The van der Waals surface area contributed by atoms with Crippen LogP contribution in [0.25, 0.3) is 0 Å². The molecular formula is C20H23NO3S. The monoisotopic (exact) mass is 357 g/mol. The molecule has 0 aromatic heterocycles. The van der Waals surface area contributed by atoms with Crippen molar-refractivity contribution in [2.45, 2.75) is 24.7 Å². The Morgan fingerprint density at radius 3 is 2.48 bits per heavy atom. The lowest BCUT2D eigenvalue weighted by atomic mass is 10.1. The van der Waals surface area contributed by atoms with Gasteiger partial charge in [-0.1, -0.05) is 48.0 Å². The molecule has 0 heterocycles. The number of amides is 1. The molecule has 5 heteroatoms. The van der Waals surface area contributed by atoms with Crippen LogP contribution in [0.4, 0.5) is 0 Å². The summed E-state index contributed by atoms with van der Waals surface area (Å²) in [6.45, 7) is 2.58. The van der Waals surface area contributed by atoms with E-state index in [-0.39, 0.29) is 24.2 Å². The molecule has 0 aliphatic rings. The molecule has 132 valence electrons. The standard InChI is InChI=1S/C20H23NO3S/c1-16-7-9-17(10-8-16)11-12-19(22)21-13-14-24-20(23)15-25-18-5-3-2-4-6-18/h2-10H,11-15H2,1H3,(H,21,22). The van der Waals surface area contributed by atoms with Gasteiger partial charge in [0.25, 0.3) is 0 Å². The minimum atomic E-state index is -0.275. The molecule has 4 nitrogen and oxygen atoms in total. The van der Waals surface area contributed by atoms with Gasteiger partial charge < -0.3 is 10.1 Å². The first-order chi connectivity index (χ1) is 12.1. The number of hydrogen-bond donors (Lipinski definition) is 1. The third kappa shape index (κ3) is 7.90. The molecule has 0 radical (unpaired) electrons. The fraction of sp³-hybridized carbons (Fsp3) is 0.300. The summed E-state index contributed by atoms with van der Waals surface area (Å²) in [6.07, 6.45) is 1.14. The van der Waals surface area contributed by atoms with Crippen molar-refractivity contribution in [3.8, 4) is 0 Å². The molecule has 0 atom stereocenters. The second kappa shape index (κ2) is 10.6. The van der Waals surface area contributed by atoms with Crippen molar-refractivity contribution in [3.05, 3.63) is 65.7 Å². The molecule has 25 heavy (non-hydrogen) atoms. The Balaban J connectivity index is 1.53. The molecule has 2 aromatic carbocycles. The van der Waals surface area contributed by atoms with E-state index in [4.69, 9.17) is 4.74 Å². The van der Waals surface area contributed by atoms with Gasteiger partial charge in [-0.2, -0.15) is 0 Å². The van der Waals surface area contributed by atoms with Crippen LogP contribution >= 0.6 is 11.8 Å². The summed E-state index contributed by atoms with van der Waals surface area (Å²) in [7, 11) is 0. The van der Waals surface area contributed by atoms with E-state index >= 15 is 0 Å². The number of benzene rings is 2. The summed E-state index contributed by atoms with van der Waals surface area (Å²) in [4.78, 5) is 24.5. The second-order valence-electron chi connectivity index (χ2n) is 5.66. The minimum absolute atomic E-state index is 0.0321. The van der Waals surface area contributed by atoms with Gasteiger partial charge in [-0.15, -0.1) is 11.8 Å². The number of carbonyl (C=O) groups is 2. The molecule has 1 amide bonds. The van der Waals surface area contributed by atoms with E-state index in [0.29, 0.717) is 19.4 Å². The highest BCUT2D eigenvalue weighted by molar-refractivity contribution is 8.00. The molecule has 0 fully saturated rings. The second-order valence-corrected chi connectivity index (χ2v) is 6.71. The van der Waals surface area contributed by atoms with E-state index in [0.717, 1.165) is 10.5 Å². The van der Waals surface area contributed by atoms with Crippen molar-refractivity contribution in [3.63, 3.8) is 0 Å². The van der Waals surface area contributed by atoms with Gasteiger partial charge in [-0.05, 0) is 31.0 Å². The third-order valence-electron chi connectivity index (χ3n) is 3.55. The van der Waals surface area contributed by atoms with Crippen molar-refractivity contribution in [1.82, 2.24) is 5.32 Å². The summed E-state index contributed by atoms with van der Waals surface area (Å²) in [5.74, 6) is -0.0381. The predicted octanol–water partition coefficient (Wildman–Crippen LogP) is 3.38. The molecule has 0 aliphatic carbocycles. The van der Waals surface area contributed by atoms with Crippen molar-refractivity contribution in [1.29, 1.82) is 0 Å². The van der Waals surface area contributed by atoms with Crippen LogP contribution in [0.3, 0.4) is 0 Å². The van der Waals surface area contributed by atoms with E-state index < -0.39 is 0 Å². The number of ether oxygens (including phenoxy) is 1. The number of thioether (sulfide) groups is 1. The largest absolute Gasteiger partial charge is 0.463 e. The number of aryl methyl sites for hydroxylation is 2. The molecule has 0 unspecified atom stereocenters. The highest BCUT2D eigenvalue weighted by Gasteiger charge is 2.05. The van der Waals surface area contributed by atoms with Crippen LogP contribution in [0, 0.1) is 6.92 Å². The van der Waals surface area contributed by atoms with E-state index in [2.05, 4.69) is 5.32 Å². The molecule has 2 rings (SSSR count). The topological polar surface area (TPSA) is 55.4 Å². The number of carbonyl (C=O) groups excluding carboxylic acids is 2. The van der Waals surface area contributed by atoms with E-state index in [9.17, 15) is 9.59 Å². The fourth-order valence-electron chi connectivity index (χ4n) is 2.16. The highest BCUT2D eigenvalue weighted by atomic mass is 32.2. The molecule has 1 N–H and O–H groups in total. The Labute approximate surface area is 153 Å². The van der Waals surface area contributed by atoms with Crippen molar-refractivity contribution < 1.29 is 14.3 Å². The zero-order chi connectivity index (χ0) is 17.9. The Bertz CT molecular complexity index is 671. The zero-order valence-electron chi connectivity index (χ0n) is 14.4. The molecule has 0 saturated heterocycles. The number of nitrogens with one attached hydrogen (secondary N) is 1. The summed E-state index contributed by atoms with van der Waals surface area (Å²) < 4.78 is 5.12. The number of hydrogen-bond acceptors (Lipinski definition) is 4. The van der Waals surface area contributed by atoms with Gasteiger partial charge in [0.2, 0.25) is 5.91 Å². The first-order valence-electron chi connectivity index (χ1n) is 8.29. The molecular weight excluding hydrogens is 334 g/mol. The molecule has 0 saturated carbocycles. The lowest BCUT2D eigenvalue weighted by molar-refractivity contribution is -0.140. The van der Waals surface area contributed by atoms with Crippen molar-refractivity contribution in [2.75, 3.05) is 18.9 Å². The van der Waals surface area contributed by atoms with Crippen LogP contribution < -0.4 is 5.32 Å². The predicted molar refractivity (Wildman–Crippen MR) is 101 cm³/mol. The van der Waals surface area contributed by atoms with Gasteiger partial charge in [0, 0.05) is 11.3 Å². The van der Waals surface area contributed by atoms with E-state index in [1.807, 2.05) is 61.5 Å². The summed E-state index contributed by atoms with van der Waals surface area (Å²) in [5, 5.41) is 2.77. The average Bonchev–Trinajstić information content (AvgIpc) is 2.64. The Kier molecular flexibility index (Phi) is 8.05. The van der Waals surface area contributed by atoms with Crippen LogP contribution in [-0.2, 0) is 20.7 Å². The lowest BCUT2D eigenvalue weighted by Gasteiger charge is -2.07. The SMILES string of the molecule is Cc1ccc(CCC(=O)NCCOC(=O)CSc2ccccc2)cc1. The summed E-state index contributed by atoms with van der Waals surface area (Å²) in [6, 6.07) is 17.9. The number of rotatable bonds is 9. The quantitative estimate of drug-likeness (QED) is 0.425. The molecule has 0 aliphatic heterocycles. The zero-order valence-corrected chi connectivity index (χ0v) is 15.2. The summed E-state index contributed by atoms with van der Waals surface area (Å²) >= 11 is 1.44. The third-order valence-corrected chi connectivity index (χ3v) is 4.53.